The maximum Gasteiger partial charge on any atom is 0.257 e. The van der Waals surface area contributed by atoms with E-state index in [0.29, 0.717) is 28.5 Å². The second-order valence-electron chi connectivity index (χ2n) is 7.89. The van der Waals surface area contributed by atoms with Crippen LogP contribution in [0.3, 0.4) is 0 Å². The summed E-state index contributed by atoms with van der Waals surface area (Å²) >= 11 is 5.89. The Morgan fingerprint density at radius 2 is 1.63 bits per heavy atom. The molecule has 4 rings (SSSR count). The molecule has 2 aliphatic rings. The number of nitrogens with one attached hydrogen (secondary N) is 2. The van der Waals surface area contributed by atoms with Gasteiger partial charge in [-0.15, -0.1) is 0 Å². The van der Waals surface area contributed by atoms with Crippen LogP contribution in [0.5, 0.6) is 0 Å². The van der Waals surface area contributed by atoms with Crippen LogP contribution in [0.1, 0.15) is 36.0 Å². The van der Waals surface area contributed by atoms with E-state index in [9.17, 15) is 14.4 Å². The summed E-state index contributed by atoms with van der Waals surface area (Å²) in [5, 5.41) is 6.31. The lowest BCUT2D eigenvalue weighted by Gasteiger charge is -2.32. The van der Waals surface area contributed by atoms with E-state index in [1.54, 1.807) is 48.5 Å². The van der Waals surface area contributed by atoms with Crippen LogP contribution in [0.15, 0.2) is 48.5 Å². The fourth-order valence-electron chi connectivity index (χ4n) is 3.74. The molecule has 3 amide bonds. The molecular weight excluding hydrogens is 402 g/mol. The quantitative estimate of drug-likeness (QED) is 0.754. The van der Waals surface area contributed by atoms with Gasteiger partial charge < -0.3 is 15.5 Å². The number of halogens is 1. The molecule has 2 N–H and O–H groups in total. The first-order valence-corrected chi connectivity index (χ1v) is 10.6. The third kappa shape index (κ3) is 4.82. The molecule has 1 atom stereocenters. The first kappa shape index (κ1) is 20.4. The Hall–Kier alpha value is -2.86. The standard InChI is InChI=1S/C23H24ClN3O3/c24-17-9-11-18(12-10-17)25-22(29)19-5-1-2-6-20(19)26-21(28)16-4-3-13-27(14-16)23(30)15-7-8-15/h1-2,5-6,9-12,15-16H,3-4,7-8,13-14H2,(H,25,29)(H,26,28). The number of likely N-dealkylation sites (tertiary alicyclic amines) is 1. The van der Waals surface area contributed by atoms with E-state index in [-0.39, 0.29) is 29.6 Å². The summed E-state index contributed by atoms with van der Waals surface area (Å²) in [6.07, 6.45) is 3.47. The van der Waals surface area contributed by atoms with Gasteiger partial charge >= 0.3 is 0 Å². The fraction of sp³-hybridized carbons (Fsp3) is 0.348. The number of rotatable bonds is 5. The molecule has 6 nitrogen and oxygen atoms in total. The largest absolute Gasteiger partial charge is 0.342 e. The molecule has 2 aromatic rings. The lowest BCUT2D eigenvalue weighted by molar-refractivity contribution is -0.135. The Bertz CT molecular complexity index is 956. The average Bonchev–Trinajstić information content (AvgIpc) is 3.61. The molecule has 1 heterocycles. The highest BCUT2D eigenvalue weighted by Crippen LogP contribution is 2.32. The van der Waals surface area contributed by atoms with E-state index in [1.165, 1.54) is 0 Å². The minimum Gasteiger partial charge on any atom is -0.342 e. The highest BCUT2D eigenvalue weighted by Gasteiger charge is 2.36. The molecule has 1 unspecified atom stereocenters. The van der Waals surface area contributed by atoms with Gasteiger partial charge in [-0.2, -0.15) is 0 Å². The Morgan fingerprint density at radius 1 is 0.900 bits per heavy atom. The zero-order valence-corrected chi connectivity index (χ0v) is 17.3. The SMILES string of the molecule is O=C(Nc1ccc(Cl)cc1)c1ccccc1NC(=O)C1CCCN(C(=O)C2CC2)C1. The van der Waals surface area contributed by atoms with Crippen LogP contribution in [-0.4, -0.2) is 35.7 Å². The van der Waals surface area contributed by atoms with Crippen molar-refractivity contribution in [3.63, 3.8) is 0 Å². The summed E-state index contributed by atoms with van der Waals surface area (Å²) in [7, 11) is 0. The van der Waals surface area contributed by atoms with Crippen LogP contribution in [0.25, 0.3) is 0 Å². The molecule has 2 fully saturated rings. The number of hydrogen-bond acceptors (Lipinski definition) is 3. The van der Waals surface area contributed by atoms with Gasteiger partial charge in [-0.05, 0) is 62.1 Å². The zero-order chi connectivity index (χ0) is 21.1. The maximum absolute atomic E-state index is 12.9. The highest BCUT2D eigenvalue weighted by atomic mass is 35.5. The van der Waals surface area contributed by atoms with Gasteiger partial charge in [0.2, 0.25) is 11.8 Å². The van der Waals surface area contributed by atoms with E-state index in [2.05, 4.69) is 10.6 Å². The van der Waals surface area contributed by atoms with Gasteiger partial charge in [0.25, 0.3) is 5.91 Å². The van der Waals surface area contributed by atoms with Crippen molar-refractivity contribution >= 4 is 40.7 Å². The molecule has 1 saturated heterocycles. The van der Waals surface area contributed by atoms with Gasteiger partial charge in [0, 0.05) is 29.7 Å². The number of benzene rings is 2. The molecule has 0 radical (unpaired) electrons. The molecule has 0 spiro atoms. The lowest BCUT2D eigenvalue weighted by Crippen LogP contribution is -2.44. The molecular formula is C23H24ClN3O3. The Morgan fingerprint density at radius 3 is 2.37 bits per heavy atom. The maximum atomic E-state index is 12.9. The van der Waals surface area contributed by atoms with Crippen LogP contribution in [0.2, 0.25) is 5.02 Å². The second-order valence-corrected chi connectivity index (χ2v) is 8.33. The molecule has 1 saturated carbocycles. The van der Waals surface area contributed by atoms with E-state index in [4.69, 9.17) is 11.6 Å². The molecule has 1 aliphatic heterocycles. The van der Waals surface area contributed by atoms with Crippen LogP contribution >= 0.6 is 11.6 Å². The van der Waals surface area contributed by atoms with Crippen LogP contribution in [0.4, 0.5) is 11.4 Å². The number of amides is 3. The summed E-state index contributed by atoms with van der Waals surface area (Å²) < 4.78 is 0. The van der Waals surface area contributed by atoms with E-state index in [0.717, 1.165) is 32.2 Å². The van der Waals surface area contributed by atoms with Crippen molar-refractivity contribution in [1.82, 2.24) is 4.90 Å². The number of carbonyl (C=O) groups excluding carboxylic acids is 3. The normalized spacial score (nSPS) is 18.6. The van der Waals surface area contributed by atoms with Crippen LogP contribution in [0, 0.1) is 11.8 Å². The monoisotopic (exact) mass is 425 g/mol. The predicted octanol–water partition coefficient (Wildman–Crippen LogP) is 4.18. The van der Waals surface area contributed by atoms with E-state index < -0.39 is 0 Å². The number of para-hydroxylation sites is 1. The summed E-state index contributed by atoms with van der Waals surface area (Å²) in [6, 6.07) is 13.7. The van der Waals surface area contributed by atoms with Crippen molar-refractivity contribution in [3.05, 3.63) is 59.1 Å². The van der Waals surface area contributed by atoms with Gasteiger partial charge in [-0.3, -0.25) is 14.4 Å². The number of nitrogens with zero attached hydrogens (tertiary/aromatic N) is 1. The minimum atomic E-state index is -0.317. The Kier molecular flexibility index (Phi) is 6.04. The molecule has 0 bridgehead atoms. The molecule has 0 aromatic heterocycles. The van der Waals surface area contributed by atoms with Gasteiger partial charge in [0.05, 0.1) is 17.2 Å². The van der Waals surface area contributed by atoms with Gasteiger partial charge in [-0.25, -0.2) is 0 Å². The Labute approximate surface area is 180 Å². The third-order valence-corrected chi connectivity index (χ3v) is 5.81. The Balaban J connectivity index is 1.42. The van der Waals surface area contributed by atoms with Crippen LogP contribution < -0.4 is 10.6 Å². The number of hydrogen-bond donors (Lipinski definition) is 2. The van der Waals surface area contributed by atoms with Crippen molar-refractivity contribution in [2.24, 2.45) is 11.8 Å². The van der Waals surface area contributed by atoms with Gasteiger partial charge in [0.1, 0.15) is 0 Å². The van der Waals surface area contributed by atoms with Crippen molar-refractivity contribution in [3.8, 4) is 0 Å². The summed E-state index contributed by atoms with van der Waals surface area (Å²) in [4.78, 5) is 39.8. The number of carbonyl (C=O) groups is 3. The molecule has 156 valence electrons. The van der Waals surface area contributed by atoms with Crippen molar-refractivity contribution in [1.29, 1.82) is 0 Å². The van der Waals surface area contributed by atoms with E-state index in [1.807, 2.05) is 4.90 Å². The zero-order valence-electron chi connectivity index (χ0n) is 16.6. The minimum absolute atomic E-state index is 0.157. The fourth-order valence-corrected chi connectivity index (χ4v) is 3.86. The molecule has 1 aliphatic carbocycles. The average molecular weight is 426 g/mol. The molecule has 30 heavy (non-hydrogen) atoms. The smallest absolute Gasteiger partial charge is 0.257 e. The van der Waals surface area contributed by atoms with Crippen molar-refractivity contribution in [2.75, 3.05) is 23.7 Å². The summed E-state index contributed by atoms with van der Waals surface area (Å²) in [5.74, 6) is -0.411. The van der Waals surface area contributed by atoms with Crippen LogP contribution in [-0.2, 0) is 9.59 Å². The lowest BCUT2D eigenvalue weighted by atomic mass is 9.96. The first-order valence-electron chi connectivity index (χ1n) is 10.3. The first-order chi connectivity index (χ1) is 14.5. The predicted molar refractivity (Wildman–Crippen MR) is 117 cm³/mol. The third-order valence-electron chi connectivity index (χ3n) is 5.56. The van der Waals surface area contributed by atoms with Crippen molar-refractivity contribution < 1.29 is 14.4 Å². The second kappa shape index (κ2) is 8.88. The summed E-state index contributed by atoms with van der Waals surface area (Å²) in [5.41, 5.74) is 1.45. The summed E-state index contributed by atoms with van der Waals surface area (Å²) in [6.45, 7) is 1.17. The van der Waals surface area contributed by atoms with Gasteiger partial charge in [-0.1, -0.05) is 23.7 Å². The topological polar surface area (TPSA) is 78.5 Å². The van der Waals surface area contributed by atoms with Crippen molar-refractivity contribution in [2.45, 2.75) is 25.7 Å². The molecule has 2 aromatic carbocycles. The van der Waals surface area contributed by atoms with E-state index >= 15 is 0 Å². The van der Waals surface area contributed by atoms with Gasteiger partial charge in [0.15, 0.2) is 0 Å². The number of anilines is 2. The number of piperidine rings is 1. The molecule has 7 heteroatoms. The highest BCUT2D eigenvalue weighted by molar-refractivity contribution is 6.30.